The quantitative estimate of drug-likeness (QED) is 0.793. The predicted octanol–water partition coefficient (Wildman–Crippen LogP) is 1.34. The molecular formula is C15H15N5O. The van der Waals surface area contributed by atoms with Gasteiger partial charge in [-0.25, -0.2) is 4.79 Å². The smallest absolute Gasteiger partial charge is 0.308 e. The fourth-order valence-electron chi connectivity index (χ4n) is 2.45. The van der Waals surface area contributed by atoms with Crippen molar-refractivity contribution in [2.75, 3.05) is 17.2 Å². The van der Waals surface area contributed by atoms with E-state index in [0.29, 0.717) is 18.3 Å². The molecular weight excluding hydrogens is 266 g/mol. The monoisotopic (exact) mass is 281 g/mol. The fourth-order valence-corrected chi connectivity index (χ4v) is 2.45. The van der Waals surface area contributed by atoms with Gasteiger partial charge in [0.1, 0.15) is 5.82 Å². The van der Waals surface area contributed by atoms with Gasteiger partial charge < -0.3 is 5.32 Å². The minimum absolute atomic E-state index is 0.289. The summed E-state index contributed by atoms with van der Waals surface area (Å²) in [4.78, 5) is 16.3. The Balaban J connectivity index is 1.44. The first-order valence-electron chi connectivity index (χ1n) is 7.06. The minimum atomic E-state index is -0.289. The van der Waals surface area contributed by atoms with E-state index < -0.39 is 0 Å². The molecule has 4 rings (SSSR count). The van der Waals surface area contributed by atoms with Gasteiger partial charge in [0.2, 0.25) is 0 Å². The van der Waals surface area contributed by atoms with E-state index >= 15 is 0 Å². The zero-order chi connectivity index (χ0) is 14.2. The van der Waals surface area contributed by atoms with Gasteiger partial charge in [-0.3, -0.25) is 15.4 Å². The van der Waals surface area contributed by atoms with Crippen molar-refractivity contribution in [3.8, 4) is 0 Å². The van der Waals surface area contributed by atoms with Crippen molar-refractivity contribution in [1.82, 2.24) is 10.2 Å². The number of carbonyl (C=O) groups is 1. The highest BCUT2D eigenvalue weighted by molar-refractivity contribution is 5.99. The number of aromatic nitrogens is 2. The van der Waals surface area contributed by atoms with Crippen LogP contribution in [0.4, 0.5) is 16.3 Å². The number of benzene rings is 1. The summed E-state index contributed by atoms with van der Waals surface area (Å²) in [5.74, 6) is 1.18. The van der Waals surface area contributed by atoms with Gasteiger partial charge in [-0.1, -0.05) is 12.1 Å². The van der Waals surface area contributed by atoms with Crippen LogP contribution in [0.2, 0.25) is 0 Å². The van der Waals surface area contributed by atoms with Crippen molar-refractivity contribution in [2.24, 2.45) is 4.99 Å². The molecule has 0 bridgehead atoms. The highest BCUT2D eigenvalue weighted by atomic mass is 16.2. The Labute approximate surface area is 121 Å². The van der Waals surface area contributed by atoms with Crippen molar-refractivity contribution in [2.45, 2.75) is 18.8 Å². The molecule has 0 saturated heterocycles. The van der Waals surface area contributed by atoms with E-state index in [-0.39, 0.29) is 6.03 Å². The molecule has 6 nitrogen and oxygen atoms in total. The molecule has 1 aromatic heterocycles. The lowest BCUT2D eigenvalue weighted by Gasteiger charge is -2.05. The van der Waals surface area contributed by atoms with Crippen LogP contribution in [0.5, 0.6) is 0 Å². The van der Waals surface area contributed by atoms with Crippen LogP contribution in [0.25, 0.3) is 6.08 Å². The van der Waals surface area contributed by atoms with E-state index in [1.54, 1.807) is 0 Å². The predicted molar refractivity (Wildman–Crippen MR) is 79.8 cm³/mol. The molecule has 3 N–H and O–H groups in total. The fraction of sp³-hybridized carbons (Fsp3) is 0.267. The molecule has 2 heterocycles. The number of fused-ring (bicyclic) bond motifs is 1. The van der Waals surface area contributed by atoms with E-state index in [1.165, 1.54) is 12.8 Å². The van der Waals surface area contributed by atoms with Gasteiger partial charge in [0, 0.05) is 17.7 Å². The molecule has 1 aromatic carbocycles. The largest absolute Gasteiger partial charge is 0.324 e. The highest BCUT2D eigenvalue weighted by Crippen LogP contribution is 2.39. The Morgan fingerprint density at radius 3 is 3.00 bits per heavy atom. The molecule has 0 spiro atoms. The summed E-state index contributed by atoms with van der Waals surface area (Å²) < 4.78 is 0. The highest BCUT2D eigenvalue weighted by Gasteiger charge is 2.26. The normalized spacial score (nSPS) is 15.8. The average molecular weight is 281 g/mol. The lowest BCUT2D eigenvalue weighted by Crippen LogP contribution is -2.24. The first-order valence-corrected chi connectivity index (χ1v) is 7.06. The van der Waals surface area contributed by atoms with Gasteiger partial charge in [-0.05, 0) is 30.2 Å². The Bertz CT molecular complexity index is 819. The third-order valence-corrected chi connectivity index (χ3v) is 3.70. The molecule has 2 amide bonds. The van der Waals surface area contributed by atoms with Crippen LogP contribution in [0.3, 0.4) is 0 Å². The van der Waals surface area contributed by atoms with Crippen LogP contribution >= 0.6 is 0 Å². The van der Waals surface area contributed by atoms with Crippen molar-refractivity contribution in [1.29, 1.82) is 0 Å². The maximum absolute atomic E-state index is 12.0. The summed E-state index contributed by atoms with van der Waals surface area (Å²) in [5, 5.41) is 14.6. The van der Waals surface area contributed by atoms with Crippen LogP contribution in [0, 0.1) is 0 Å². The van der Waals surface area contributed by atoms with Gasteiger partial charge in [0.25, 0.3) is 0 Å². The van der Waals surface area contributed by atoms with Crippen LogP contribution in [-0.4, -0.2) is 22.8 Å². The summed E-state index contributed by atoms with van der Waals surface area (Å²) in [6.45, 7) is 0.711. The summed E-state index contributed by atoms with van der Waals surface area (Å²) in [5.41, 5.74) is 1.75. The van der Waals surface area contributed by atoms with Crippen molar-refractivity contribution in [3.05, 3.63) is 40.5 Å². The Hall–Kier alpha value is -2.63. The molecule has 0 atom stereocenters. The number of aromatic amines is 1. The van der Waals surface area contributed by atoms with Gasteiger partial charge in [-0.2, -0.15) is 5.10 Å². The lowest BCUT2D eigenvalue weighted by atomic mass is 10.2. The van der Waals surface area contributed by atoms with Crippen LogP contribution in [0.15, 0.2) is 29.3 Å². The standard InChI is InChI=1S/C15H15N5O/c21-15(18-14-8-13(19-20-14)9-1-2-9)17-11-4-3-10-5-6-16-12(10)7-11/h3-5,7-9H,1-2,6H2,(H3,17,18,19,20,21). The Kier molecular flexibility index (Phi) is 2.73. The zero-order valence-electron chi connectivity index (χ0n) is 11.4. The maximum Gasteiger partial charge on any atom is 0.324 e. The Morgan fingerprint density at radius 2 is 2.14 bits per heavy atom. The van der Waals surface area contributed by atoms with E-state index in [2.05, 4.69) is 31.9 Å². The number of hydrogen-bond acceptors (Lipinski definition) is 3. The minimum Gasteiger partial charge on any atom is -0.308 e. The van der Waals surface area contributed by atoms with Crippen molar-refractivity contribution in [3.63, 3.8) is 0 Å². The SMILES string of the molecule is O=C(Nc1ccc2c(c1)=NCC=2)Nc1cc(C2CC2)n[nH]1. The summed E-state index contributed by atoms with van der Waals surface area (Å²) in [6.07, 6.45) is 4.43. The number of hydrogen-bond donors (Lipinski definition) is 3. The second-order valence-electron chi connectivity index (χ2n) is 5.38. The molecule has 1 aliphatic carbocycles. The Morgan fingerprint density at radius 1 is 1.24 bits per heavy atom. The van der Waals surface area contributed by atoms with Gasteiger partial charge in [-0.15, -0.1) is 0 Å². The first kappa shape index (κ1) is 12.1. The van der Waals surface area contributed by atoms with Gasteiger partial charge >= 0.3 is 6.03 Å². The summed E-state index contributed by atoms with van der Waals surface area (Å²) in [6, 6.07) is 7.31. The van der Waals surface area contributed by atoms with E-state index in [4.69, 9.17) is 0 Å². The molecule has 21 heavy (non-hydrogen) atoms. The second-order valence-corrected chi connectivity index (χ2v) is 5.38. The zero-order valence-corrected chi connectivity index (χ0v) is 11.4. The summed E-state index contributed by atoms with van der Waals surface area (Å²) in [7, 11) is 0. The van der Waals surface area contributed by atoms with Crippen LogP contribution in [0.1, 0.15) is 24.5 Å². The molecule has 1 saturated carbocycles. The number of H-pyrrole nitrogens is 1. The third kappa shape index (κ3) is 2.52. The average Bonchev–Trinajstić information content (AvgIpc) is 3.04. The number of anilines is 2. The molecule has 2 aromatic rings. The maximum atomic E-state index is 12.0. The molecule has 1 fully saturated rings. The number of urea groups is 1. The van der Waals surface area contributed by atoms with Crippen LogP contribution in [-0.2, 0) is 0 Å². The van der Waals surface area contributed by atoms with E-state index in [0.717, 1.165) is 22.0 Å². The molecule has 1 aliphatic heterocycles. The van der Waals surface area contributed by atoms with E-state index in [9.17, 15) is 4.79 Å². The molecule has 2 aliphatic rings. The van der Waals surface area contributed by atoms with E-state index in [1.807, 2.05) is 24.3 Å². The van der Waals surface area contributed by atoms with Gasteiger partial charge in [0.05, 0.1) is 17.6 Å². The number of nitrogens with zero attached hydrogens (tertiary/aromatic N) is 2. The van der Waals surface area contributed by atoms with Crippen molar-refractivity contribution >= 4 is 23.6 Å². The molecule has 6 heteroatoms. The lowest BCUT2D eigenvalue weighted by molar-refractivity contribution is 0.262. The number of rotatable bonds is 3. The van der Waals surface area contributed by atoms with Crippen molar-refractivity contribution < 1.29 is 4.79 Å². The number of amides is 2. The molecule has 0 unspecified atom stereocenters. The first-order chi connectivity index (χ1) is 10.3. The van der Waals surface area contributed by atoms with Gasteiger partial charge in [0.15, 0.2) is 0 Å². The molecule has 0 radical (unpaired) electrons. The van der Waals surface area contributed by atoms with Crippen LogP contribution < -0.4 is 21.2 Å². The summed E-state index contributed by atoms with van der Waals surface area (Å²) >= 11 is 0. The third-order valence-electron chi connectivity index (χ3n) is 3.70. The number of carbonyl (C=O) groups excluding carboxylic acids is 1. The second kappa shape index (κ2) is 4.73. The number of nitrogens with one attached hydrogen (secondary N) is 3. The topological polar surface area (TPSA) is 82.2 Å². The molecule has 106 valence electrons.